The summed E-state index contributed by atoms with van der Waals surface area (Å²) in [6.45, 7) is 2.04. The number of hydrogen-bond donors (Lipinski definition) is 1. The van der Waals surface area contributed by atoms with Crippen LogP contribution in [-0.4, -0.2) is 13.0 Å². The first-order valence-corrected chi connectivity index (χ1v) is 6.14. The van der Waals surface area contributed by atoms with E-state index >= 15 is 0 Å². The standard InChI is InChI=1S/C15H17NO3/c1-10(5-3-8-14(16)17)13-9-11-6-4-7-12(18-2)15(11)19-13/h3-4,6-10H,5H2,1-2H3,(H2,16,17). The first kappa shape index (κ1) is 13.2. The number of ether oxygens (including phenoxy) is 1. The number of benzene rings is 1. The smallest absolute Gasteiger partial charge is 0.241 e. The molecule has 0 aliphatic carbocycles. The van der Waals surface area contributed by atoms with Crippen LogP contribution in [0.5, 0.6) is 5.75 Å². The number of allylic oxidation sites excluding steroid dienone is 1. The number of furan rings is 1. The Morgan fingerprint density at radius 1 is 1.53 bits per heavy atom. The van der Waals surface area contributed by atoms with Crippen molar-refractivity contribution in [1.29, 1.82) is 0 Å². The van der Waals surface area contributed by atoms with Gasteiger partial charge in [0.2, 0.25) is 5.91 Å². The minimum absolute atomic E-state index is 0.174. The molecule has 0 saturated heterocycles. The second kappa shape index (κ2) is 5.61. The van der Waals surface area contributed by atoms with Gasteiger partial charge in [0.05, 0.1) is 7.11 Å². The van der Waals surface area contributed by atoms with Crippen LogP contribution >= 0.6 is 0 Å². The quantitative estimate of drug-likeness (QED) is 0.839. The van der Waals surface area contributed by atoms with Gasteiger partial charge in [0.15, 0.2) is 11.3 Å². The highest BCUT2D eigenvalue weighted by atomic mass is 16.5. The molecule has 1 unspecified atom stereocenters. The monoisotopic (exact) mass is 259 g/mol. The van der Waals surface area contributed by atoms with E-state index in [1.807, 2.05) is 31.2 Å². The van der Waals surface area contributed by atoms with Crippen molar-refractivity contribution in [3.8, 4) is 5.75 Å². The lowest BCUT2D eigenvalue weighted by Gasteiger charge is -2.04. The van der Waals surface area contributed by atoms with Crippen molar-refractivity contribution < 1.29 is 13.9 Å². The molecule has 1 aromatic heterocycles. The summed E-state index contributed by atoms with van der Waals surface area (Å²) in [4.78, 5) is 10.6. The minimum Gasteiger partial charge on any atom is -0.493 e. The van der Waals surface area contributed by atoms with Gasteiger partial charge in [-0.15, -0.1) is 0 Å². The SMILES string of the molecule is COc1cccc2cc(C(C)CC=CC(N)=O)oc12. The van der Waals surface area contributed by atoms with Gasteiger partial charge in [0.1, 0.15) is 5.76 Å². The zero-order valence-corrected chi connectivity index (χ0v) is 11.1. The summed E-state index contributed by atoms with van der Waals surface area (Å²) in [5, 5.41) is 1.01. The number of amides is 1. The lowest BCUT2D eigenvalue weighted by Crippen LogP contribution is -2.05. The van der Waals surface area contributed by atoms with Crippen molar-refractivity contribution in [2.45, 2.75) is 19.3 Å². The lowest BCUT2D eigenvalue weighted by molar-refractivity contribution is -0.113. The molecule has 2 aromatic rings. The number of hydrogen-bond acceptors (Lipinski definition) is 3. The fourth-order valence-electron chi connectivity index (χ4n) is 1.96. The van der Waals surface area contributed by atoms with E-state index in [1.165, 1.54) is 6.08 Å². The normalized spacial score (nSPS) is 12.9. The predicted molar refractivity (Wildman–Crippen MR) is 74.1 cm³/mol. The first-order chi connectivity index (χ1) is 9.11. The van der Waals surface area contributed by atoms with Crippen LogP contribution in [0.4, 0.5) is 0 Å². The third-order valence-corrected chi connectivity index (χ3v) is 3.00. The molecule has 0 bridgehead atoms. The molecule has 2 N–H and O–H groups in total. The zero-order valence-electron chi connectivity index (χ0n) is 11.1. The lowest BCUT2D eigenvalue weighted by atomic mass is 10.0. The summed E-state index contributed by atoms with van der Waals surface area (Å²) in [5.41, 5.74) is 5.81. The van der Waals surface area contributed by atoms with Gasteiger partial charge in [-0.1, -0.05) is 25.1 Å². The van der Waals surface area contributed by atoms with Crippen molar-refractivity contribution >= 4 is 16.9 Å². The third kappa shape index (κ3) is 2.96. The Balaban J connectivity index is 2.23. The molecule has 4 heteroatoms. The molecule has 1 aromatic carbocycles. The fraction of sp³-hybridized carbons (Fsp3) is 0.267. The Morgan fingerprint density at radius 2 is 2.32 bits per heavy atom. The zero-order chi connectivity index (χ0) is 13.8. The number of nitrogens with two attached hydrogens (primary N) is 1. The van der Waals surface area contributed by atoms with Crippen LogP contribution in [0.2, 0.25) is 0 Å². The van der Waals surface area contributed by atoms with Crippen LogP contribution in [0.25, 0.3) is 11.0 Å². The molecule has 100 valence electrons. The van der Waals surface area contributed by atoms with E-state index in [-0.39, 0.29) is 5.92 Å². The predicted octanol–water partition coefficient (Wildman–Crippen LogP) is 2.98. The second-order valence-electron chi connectivity index (χ2n) is 4.47. The van der Waals surface area contributed by atoms with Crippen LogP contribution in [0.3, 0.4) is 0 Å². The van der Waals surface area contributed by atoms with E-state index in [4.69, 9.17) is 14.9 Å². The van der Waals surface area contributed by atoms with Gasteiger partial charge in [-0.2, -0.15) is 0 Å². The van der Waals surface area contributed by atoms with Crippen molar-refractivity contribution in [1.82, 2.24) is 0 Å². The fourth-order valence-corrected chi connectivity index (χ4v) is 1.96. The van der Waals surface area contributed by atoms with Crippen LogP contribution in [0, 0.1) is 0 Å². The molecule has 4 nitrogen and oxygen atoms in total. The molecular weight excluding hydrogens is 242 g/mol. The van der Waals surface area contributed by atoms with E-state index in [9.17, 15) is 4.79 Å². The highest BCUT2D eigenvalue weighted by Gasteiger charge is 2.13. The van der Waals surface area contributed by atoms with E-state index < -0.39 is 5.91 Å². The van der Waals surface area contributed by atoms with E-state index in [2.05, 4.69) is 0 Å². The maximum Gasteiger partial charge on any atom is 0.241 e. The average molecular weight is 259 g/mol. The van der Waals surface area contributed by atoms with Gasteiger partial charge in [0.25, 0.3) is 0 Å². The Morgan fingerprint density at radius 3 is 3.00 bits per heavy atom. The largest absolute Gasteiger partial charge is 0.493 e. The maximum atomic E-state index is 10.6. The van der Waals surface area contributed by atoms with E-state index in [1.54, 1.807) is 13.2 Å². The number of para-hydroxylation sites is 1. The van der Waals surface area contributed by atoms with Gasteiger partial charge in [-0.3, -0.25) is 4.79 Å². The molecule has 0 radical (unpaired) electrons. The Kier molecular flexibility index (Phi) is 3.90. The van der Waals surface area contributed by atoms with Gasteiger partial charge < -0.3 is 14.9 Å². The topological polar surface area (TPSA) is 65.5 Å². The summed E-state index contributed by atoms with van der Waals surface area (Å²) in [6, 6.07) is 7.78. The summed E-state index contributed by atoms with van der Waals surface area (Å²) < 4.78 is 11.1. The maximum absolute atomic E-state index is 10.6. The molecule has 1 amide bonds. The van der Waals surface area contributed by atoms with Gasteiger partial charge >= 0.3 is 0 Å². The summed E-state index contributed by atoms with van der Waals surface area (Å²) >= 11 is 0. The number of primary amides is 1. The van der Waals surface area contributed by atoms with Gasteiger partial charge in [-0.25, -0.2) is 0 Å². The molecule has 19 heavy (non-hydrogen) atoms. The number of fused-ring (bicyclic) bond motifs is 1. The Bertz CT molecular complexity index is 613. The molecule has 0 aliphatic rings. The minimum atomic E-state index is -0.432. The summed E-state index contributed by atoms with van der Waals surface area (Å²) in [6.07, 6.45) is 3.84. The van der Waals surface area contributed by atoms with Gasteiger partial charge in [-0.05, 0) is 24.6 Å². The number of methoxy groups -OCH3 is 1. The second-order valence-corrected chi connectivity index (χ2v) is 4.47. The van der Waals surface area contributed by atoms with Crippen LogP contribution in [0.15, 0.2) is 40.8 Å². The number of carbonyl (C=O) groups excluding carboxylic acids is 1. The van der Waals surface area contributed by atoms with Crippen molar-refractivity contribution in [3.05, 3.63) is 42.2 Å². The molecule has 0 spiro atoms. The highest BCUT2D eigenvalue weighted by molar-refractivity contribution is 5.85. The van der Waals surface area contributed by atoms with Crippen LogP contribution in [0.1, 0.15) is 25.0 Å². The van der Waals surface area contributed by atoms with Crippen molar-refractivity contribution in [2.24, 2.45) is 5.73 Å². The Labute approximate surface area is 111 Å². The molecule has 1 atom stereocenters. The Hall–Kier alpha value is -2.23. The van der Waals surface area contributed by atoms with E-state index in [0.717, 1.165) is 22.5 Å². The summed E-state index contributed by atoms with van der Waals surface area (Å²) in [7, 11) is 1.62. The third-order valence-electron chi connectivity index (χ3n) is 3.00. The number of rotatable bonds is 5. The molecule has 0 saturated carbocycles. The van der Waals surface area contributed by atoms with Gasteiger partial charge in [0, 0.05) is 11.3 Å². The number of carbonyl (C=O) groups is 1. The molecule has 2 rings (SSSR count). The first-order valence-electron chi connectivity index (χ1n) is 6.14. The van der Waals surface area contributed by atoms with Crippen LogP contribution < -0.4 is 10.5 Å². The molecular formula is C15H17NO3. The molecule has 0 aliphatic heterocycles. The average Bonchev–Trinajstić information content (AvgIpc) is 2.81. The molecule has 1 heterocycles. The highest BCUT2D eigenvalue weighted by Crippen LogP contribution is 2.32. The molecule has 0 fully saturated rings. The van der Waals surface area contributed by atoms with Crippen LogP contribution in [-0.2, 0) is 4.79 Å². The van der Waals surface area contributed by atoms with E-state index in [0.29, 0.717) is 6.42 Å². The van der Waals surface area contributed by atoms with Crippen molar-refractivity contribution in [2.75, 3.05) is 7.11 Å². The summed E-state index contributed by atoms with van der Waals surface area (Å²) in [5.74, 6) is 1.34. The van der Waals surface area contributed by atoms with Crippen molar-refractivity contribution in [3.63, 3.8) is 0 Å².